The van der Waals surface area contributed by atoms with E-state index < -0.39 is 17.8 Å². The minimum absolute atomic E-state index is 0.0206. The fourth-order valence-electron chi connectivity index (χ4n) is 2.35. The van der Waals surface area contributed by atoms with E-state index in [1.54, 1.807) is 24.3 Å². The zero-order valence-electron chi connectivity index (χ0n) is 16.6. The molecule has 0 unspecified atom stereocenters. The summed E-state index contributed by atoms with van der Waals surface area (Å²) < 4.78 is 18.8. The monoisotopic (exact) mass is 479 g/mol. The molecule has 0 atom stereocenters. The first kappa shape index (κ1) is 23.3. The molecule has 0 aromatic heterocycles. The molecule has 0 saturated heterocycles. The molecule has 0 radical (unpaired) electrons. The summed E-state index contributed by atoms with van der Waals surface area (Å²) in [7, 11) is 0. The number of ether oxygens (including phenoxy) is 1. The largest absolute Gasteiger partial charge is 0.449 e. The summed E-state index contributed by atoms with van der Waals surface area (Å²) >= 11 is 3.19. The second kappa shape index (κ2) is 11.3. The lowest BCUT2D eigenvalue weighted by Crippen LogP contribution is -2.28. The second-order valence-corrected chi connectivity index (χ2v) is 7.73. The Bertz CT molecular complexity index is 921. The quantitative estimate of drug-likeness (QED) is 0.517. The lowest BCUT2D eigenvalue weighted by Gasteiger charge is -2.11. The van der Waals surface area contributed by atoms with Crippen molar-refractivity contribution < 1.29 is 23.5 Å². The summed E-state index contributed by atoms with van der Waals surface area (Å²) in [4.78, 5) is 36.0. The van der Waals surface area contributed by atoms with E-state index in [0.717, 1.165) is 6.07 Å². The summed E-state index contributed by atoms with van der Waals surface area (Å²) in [6, 6.07) is 10.4. The van der Waals surface area contributed by atoms with Crippen LogP contribution in [-0.2, 0) is 9.53 Å². The first-order chi connectivity index (χ1) is 14.2. The second-order valence-electron chi connectivity index (χ2n) is 6.88. The van der Waals surface area contributed by atoms with Crippen LogP contribution < -0.4 is 16.0 Å². The molecule has 3 amide bonds. The van der Waals surface area contributed by atoms with Crippen LogP contribution in [0.2, 0.25) is 0 Å². The molecule has 0 heterocycles. The van der Waals surface area contributed by atoms with Gasteiger partial charge >= 0.3 is 6.09 Å². The van der Waals surface area contributed by atoms with E-state index in [0.29, 0.717) is 22.5 Å². The van der Waals surface area contributed by atoms with Crippen LogP contribution in [0.15, 0.2) is 46.9 Å². The third kappa shape index (κ3) is 7.82. The molecular weight excluding hydrogens is 457 g/mol. The number of amides is 3. The van der Waals surface area contributed by atoms with Crippen LogP contribution in [0.1, 0.15) is 30.6 Å². The van der Waals surface area contributed by atoms with E-state index in [-0.39, 0.29) is 30.4 Å². The highest BCUT2D eigenvalue weighted by molar-refractivity contribution is 9.10. The van der Waals surface area contributed by atoms with Gasteiger partial charge in [-0.1, -0.05) is 19.9 Å². The molecule has 0 aliphatic heterocycles. The molecule has 2 aromatic carbocycles. The van der Waals surface area contributed by atoms with Gasteiger partial charge in [-0.2, -0.15) is 0 Å². The van der Waals surface area contributed by atoms with Crippen LogP contribution in [0.25, 0.3) is 0 Å². The lowest BCUT2D eigenvalue weighted by atomic mass is 10.2. The Kier molecular flexibility index (Phi) is 8.79. The Morgan fingerprint density at radius 1 is 1.07 bits per heavy atom. The molecule has 160 valence electrons. The van der Waals surface area contributed by atoms with Crippen molar-refractivity contribution in [2.75, 3.05) is 23.8 Å². The first-order valence-corrected chi connectivity index (χ1v) is 10.1. The Hall–Kier alpha value is -2.94. The average molecular weight is 480 g/mol. The molecule has 30 heavy (non-hydrogen) atoms. The number of carbonyl (C=O) groups excluding carboxylic acids is 3. The molecule has 0 saturated carbocycles. The van der Waals surface area contributed by atoms with Gasteiger partial charge in [0.2, 0.25) is 5.91 Å². The third-order valence-corrected chi connectivity index (χ3v) is 4.44. The van der Waals surface area contributed by atoms with E-state index in [4.69, 9.17) is 4.74 Å². The van der Waals surface area contributed by atoms with Crippen molar-refractivity contribution in [3.63, 3.8) is 0 Å². The number of carbonyl (C=O) groups is 3. The predicted molar refractivity (Wildman–Crippen MR) is 116 cm³/mol. The van der Waals surface area contributed by atoms with Crippen LogP contribution in [0.3, 0.4) is 0 Å². The van der Waals surface area contributed by atoms with Crippen molar-refractivity contribution in [3.05, 3.63) is 58.3 Å². The van der Waals surface area contributed by atoms with E-state index >= 15 is 0 Å². The maximum atomic E-state index is 13.3. The standard InChI is InChI=1S/C21H23BrFN3O4/c1-13(2)12-30-21(29)26-16-5-3-4-15(11-16)25-19(27)8-9-24-20(28)17-10-14(23)6-7-18(17)22/h3-7,10-11,13H,8-9,12H2,1-2H3,(H,24,28)(H,25,27)(H,26,29). The van der Waals surface area contributed by atoms with Crippen molar-refractivity contribution in [1.82, 2.24) is 5.32 Å². The third-order valence-electron chi connectivity index (χ3n) is 3.75. The molecular formula is C21H23BrFN3O4. The number of anilines is 2. The molecule has 0 fully saturated rings. The van der Waals surface area contributed by atoms with Crippen LogP contribution in [0, 0.1) is 11.7 Å². The van der Waals surface area contributed by atoms with Crippen molar-refractivity contribution in [2.45, 2.75) is 20.3 Å². The molecule has 3 N–H and O–H groups in total. The van der Waals surface area contributed by atoms with Gasteiger partial charge in [0.05, 0.1) is 12.2 Å². The minimum Gasteiger partial charge on any atom is -0.449 e. The highest BCUT2D eigenvalue weighted by Crippen LogP contribution is 2.18. The Morgan fingerprint density at radius 3 is 2.47 bits per heavy atom. The van der Waals surface area contributed by atoms with Crippen LogP contribution in [0.5, 0.6) is 0 Å². The number of nitrogens with one attached hydrogen (secondary N) is 3. The summed E-state index contributed by atoms with van der Waals surface area (Å²) in [6.07, 6.45) is -0.550. The van der Waals surface area contributed by atoms with Crippen molar-refractivity contribution in [2.24, 2.45) is 5.92 Å². The van der Waals surface area contributed by atoms with Crippen LogP contribution in [-0.4, -0.2) is 31.1 Å². The van der Waals surface area contributed by atoms with Gasteiger partial charge in [-0.3, -0.25) is 14.9 Å². The molecule has 0 aliphatic carbocycles. The van der Waals surface area contributed by atoms with Crippen molar-refractivity contribution in [3.8, 4) is 0 Å². The van der Waals surface area contributed by atoms with Gasteiger partial charge in [-0.15, -0.1) is 0 Å². The van der Waals surface area contributed by atoms with Gasteiger partial charge in [-0.25, -0.2) is 9.18 Å². The smallest absolute Gasteiger partial charge is 0.411 e. The summed E-state index contributed by atoms with van der Waals surface area (Å²) in [6.45, 7) is 4.25. The maximum Gasteiger partial charge on any atom is 0.411 e. The SMILES string of the molecule is CC(C)COC(=O)Nc1cccc(NC(=O)CCNC(=O)c2cc(F)ccc2Br)c1. The Balaban J connectivity index is 1.81. The Labute approximate surface area is 182 Å². The maximum absolute atomic E-state index is 13.3. The zero-order valence-corrected chi connectivity index (χ0v) is 18.2. The number of rotatable bonds is 8. The predicted octanol–water partition coefficient (Wildman–Crippen LogP) is 4.55. The highest BCUT2D eigenvalue weighted by Gasteiger charge is 2.12. The van der Waals surface area contributed by atoms with Gasteiger partial charge in [-0.05, 0) is 58.2 Å². The fraction of sp³-hybridized carbons (Fsp3) is 0.286. The average Bonchev–Trinajstić information content (AvgIpc) is 2.68. The molecule has 0 spiro atoms. The number of halogens is 2. The van der Waals surface area contributed by atoms with Crippen molar-refractivity contribution in [1.29, 1.82) is 0 Å². The fourth-order valence-corrected chi connectivity index (χ4v) is 2.78. The van der Waals surface area contributed by atoms with Gasteiger partial charge in [0.1, 0.15) is 5.82 Å². The summed E-state index contributed by atoms with van der Waals surface area (Å²) in [5.74, 6) is -1.11. The van der Waals surface area contributed by atoms with E-state index in [2.05, 4.69) is 31.9 Å². The Morgan fingerprint density at radius 2 is 1.77 bits per heavy atom. The lowest BCUT2D eigenvalue weighted by molar-refractivity contribution is -0.116. The van der Waals surface area contributed by atoms with E-state index in [9.17, 15) is 18.8 Å². The summed E-state index contributed by atoms with van der Waals surface area (Å²) in [5.41, 5.74) is 1.12. The summed E-state index contributed by atoms with van der Waals surface area (Å²) in [5, 5.41) is 7.85. The number of hydrogen-bond acceptors (Lipinski definition) is 4. The zero-order chi connectivity index (χ0) is 22.1. The van der Waals surface area contributed by atoms with Crippen LogP contribution >= 0.6 is 15.9 Å². The molecule has 2 aromatic rings. The molecule has 0 bridgehead atoms. The first-order valence-electron chi connectivity index (χ1n) is 9.31. The van der Waals surface area contributed by atoms with Crippen molar-refractivity contribution >= 4 is 45.2 Å². The normalized spacial score (nSPS) is 10.4. The van der Waals surface area contributed by atoms with Gasteiger partial charge in [0.15, 0.2) is 0 Å². The topological polar surface area (TPSA) is 96.5 Å². The molecule has 7 nitrogen and oxygen atoms in total. The van der Waals surface area contributed by atoms with Gasteiger partial charge in [0.25, 0.3) is 5.91 Å². The molecule has 2 rings (SSSR count). The number of hydrogen-bond donors (Lipinski definition) is 3. The van der Waals surface area contributed by atoms with E-state index in [1.807, 2.05) is 13.8 Å². The minimum atomic E-state index is -0.571. The molecule has 9 heteroatoms. The van der Waals surface area contributed by atoms with E-state index in [1.165, 1.54) is 12.1 Å². The molecule has 0 aliphatic rings. The highest BCUT2D eigenvalue weighted by atomic mass is 79.9. The van der Waals surface area contributed by atoms with Gasteiger partial charge in [0, 0.05) is 28.8 Å². The van der Waals surface area contributed by atoms with Gasteiger partial charge < -0.3 is 15.4 Å². The van der Waals surface area contributed by atoms with Crippen LogP contribution in [0.4, 0.5) is 20.6 Å². The number of benzene rings is 2.